The second-order valence-electron chi connectivity index (χ2n) is 2.83. The van der Waals surface area contributed by atoms with Gasteiger partial charge in [0.2, 0.25) is 0 Å². The minimum Gasteiger partial charge on any atom is -0.469 e. The van der Waals surface area contributed by atoms with Crippen LogP contribution in [0.4, 0.5) is 9.18 Å². The Kier molecular flexibility index (Phi) is 2.69. The van der Waals surface area contributed by atoms with Gasteiger partial charge in [0, 0.05) is 6.54 Å². The molecular formula is C7H10FNO4. The van der Waals surface area contributed by atoms with E-state index in [1.807, 2.05) is 0 Å². The number of hydrogen-bond donors (Lipinski definition) is 1. The van der Waals surface area contributed by atoms with Crippen LogP contribution in [0, 0.1) is 5.92 Å². The van der Waals surface area contributed by atoms with Crippen LogP contribution in [0.1, 0.15) is 0 Å². The topological polar surface area (TPSA) is 66.8 Å². The molecule has 0 saturated carbocycles. The summed E-state index contributed by atoms with van der Waals surface area (Å²) in [7, 11) is 1.15. The summed E-state index contributed by atoms with van der Waals surface area (Å²) in [6.45, 7) is -0.377. The van der Waals surface area contributed by atoms with Gasteiger partial charge in [-0.05, 0) is 0 Å². The van der Waals surface area contributed by atoms with Crippen molar-refractivity contribution in [2.75, 3.05) is 20.2 Å². The third kappa shape index (κ3) is 1.88. The van der Waals surface area contributed by atoms with E-state index in [1.165, 1.54) is 0 Å². The lowest BCUT2D eigenvalue weighted by Gasteiger charge is -2.09. The highest BCUT2D eigenvalue weighted by Gasteiger charge is 2.40. The molecule has 13 heavy (non-hydrogen) atoms. The Hall–Kier alpha value is -1.33. The van der Waals surface area contributed by atoms with E-state index in [-0.39, 0.29) is 13.1 Å². The largest absolute Gasteiger partial charge is 0.469 e. The number of ether oxygens (including phenoxy) is 1. The summed E-state index contributed by atoms with van der Waals surface area (Å²) < 4.78 is 17.4. The summed E-state index contributed by atoms with van der Waals surface area (Å²) in [6.07, 6.45) is -2.67. The molecule has 1 N–H and O–H groups in total. The lowest BCUT2D eigenvalue weighted by Crippen LogP contribution is -2.28. The number of rotatable bonds is 1. The minimum absolute atomic E-state index is 0.122. The van der Waals surface area contributed by atoms with E-state index in [2.05, 4.69) is 4.74 Å². The van der Waals surface area contributed by atoms with Crippen molar-refractivity contribution in [1.82, 2.24) is 4.90 Å². The van der Waals surface area contributed by atoms with Crippen molar-refractivity contribution in [3.05, 3.63) is 0 Å². The number of carbonyl (C=O) groups is 2. The summed E-state index contributed by atoms with van der Waals surface area (Å²) in [5.41, 5.74) is 0. The van der Waals surface area contributed by atoms with E-state index in [0.717, 1.165) is 12.0 Å². The van der Waals surface area contributed by atoms with E-state index < -0.39 is 24.2 Å². The maximum Gasteiger partial charge on any atom is 0.407 e. The second kappa shape index (κ2) is 3.59. The highest BCUT2D eigenvalue weighted by atomic mass is 19.1. The molecule has 0 aromatic rings. The van der Waals surface area contributed by atoms with E-state index in [4.69, 9.17) is 5.11 Å². The first-order valence-corrected chi connectivity index (χ1v) is 3.76. The number of carbonyl (C=O) groups excluding carboxylic acids is 1. The van der Waals surface area contributed by atoms with Crippen LogP contribution >= 0.6 is 0 Å². The average molecular weight is 191 g/mol. The van der Waals surface area contributed by atoms with Crippen molar-refractivity contribution in [1.29, 1.82) is 0 Å². The summed E-state index contributed by atoms with van der Waals surface area (Å²) in [5.74, 6) is -1.67. The van der Waals surface area contributed by atoms with Gasteiger partial charge in [-0.3, -0.25) is 4.79 Å². The van der Waals surface area contributed by atoms with E-state index in [0.29, 0.717) is 0 Å². The van der Waals surface area contributed by atoms with Crippen LogP contribution in [0.15, 0.2) is 0 Å². The van der Waals surface area contributed by atoms with E-state index >= 15 is 0 Å². The maximum absolute atomic E-state index is 13.0. The van der Waals surface area contributed by atoms with Crippen molar-refractivity contribution < 1.29 is 23.8 Å². The number of alkyl halides is 1. The molecule has 1 fully saturated rings. The second-order valence-corrected chi connectivity index (χ2v) is 2.83. The van der Waals surface area contributed by atoms with Crippen LogP contribution in [0.25, 0.3) is 0 Å². The van der Waals surface area contributed by atoms with Crippen LogP contribution in [0.3, 0.4) is 0 Å². The van der Waals surface area contributed by atoms with Crippen molar-refractivity contribution in [3.8, 4) is 0 Å². The molecule has 0 radical (unpaired) electrons. The first kappa shape index (κ1) is 9.76. The lowest BCUT2D eigenvalue weighted by atomic mass is 10.1. The van der Waals surface area contributed by atoms with Crippen LogP contribution in [0.5, 0.6) is 0 Å². The van der Waals surface area contributed by atoms with Gasteiger partial charge >= 0.3 is 12.1 Å². The first-order valence-electron chi connectivity index (χ1n) is 3.76. The van der Waals surface area contributed by atoms with Gasteiger partial charge < -0.3 is 14.7 Å². The van der Waals surface area contributed by atoms with Crippen LogP contribution < -0.4 is 0 Å². The Morgan fingerprint density at radius 1 is 1.54 bits per heavy atom. The van der Waals surface area contributed by atoms with Crippen molar-refractivity contribution in [2.45, 2.75) is 6.17 Å². The average Bonchev–Trinajstić information content (AvgIpc) is 2.46. The maximum atomic E-state index is 13.0. The number of carboxylic acid groups (broad SMARTS) is 1. The zero-order valence-electron chi connectivity index (χ0n) is 7.07. The molecule has 1 aliphatic rings. The van der Waals surface area contributed by atoms with Crippen LogP contribution in [0.2, 0.25) is 0 Å². The summed E-state index contributed by atoms with van der Waals surface area (Å²) >= 11 is 0. The van der Waals surface area contributed by atoms with E-state index in [1.54, 1.807) is 0 Å². The molecule has 0 aliphatic carbocycles. The fraction of sp³-hybridized carbons (Fsp3) is 0.714. The number of halogens is 1. The predicted molar refractivity (Wildman–Crippen MR) is 40.0 cm³/mol. The van der Waals surface area contributed by atoms with Crippen molar-refractivity contribution in [2.24, 2.45) is 5.92 Å². The zero-order valence-corrected chi connectivity index (χ0v) is 7.07. The molecule has 0 spiro atoms. The van der Waals surface area contributed by atoms with Crippen molar-refractivity contribution in [3.63, 3.8) is 0 Å². The fourth-order valence-corrected chi connectivity index (χ4v) is 1.29. The molecule has 5 nitrogen and oxygen atoms in total. The number of amides is 1. The van der Waals surface area contributed by atoms with Gasteiger partial charge in [0.05, 0.1) is 13.7 Å². The predicted octanol–water partition coefficient (Wildman–Crippen LogP) is 0.107. The molecule has 1 saturated heterocycles. The van der Waals surface area contributed by atoms with Gasteiger partial charge in [-0.25, -0.2) is 9.18 Å². The molecule has 0 bridgehead atoms. The number of methoxy groups -OCH3 is 1. The third-order valence-corrected chi connectivity index (χ3v) is 2.02. The Bertz CT molecular complexity index is 233. The quantitative estimate of drug-likeness (QED) is 0.597. The van der Waals surface area contributed by atoms with Gasteiger partial charge in [0.15, 0.2) is 0 Å². The molecule has 6 heteroatoms. The lowest BCUT2D eigenvalue weighted by molar-refractivity contribution is -0.146. The molecule has 2 unspecified atom stereocenters. The number of likely N-dealkylation sites (tertiary alicyclic amines) is 1. The van der Waals surface area contributed by atoms with Gasteiger partial charge in [-0.2, -0.15) is 0 Å². The zero-order chi connectivity index (χ0) is 10.0. The molecule has 1 amide bonds. The monoisotopic (exact) mass is 191 g/mol. The molecule has 2 atom stereocenters. The molecule has 1 heterocycles. The summed E-state index contributed by atoms with van der Waals surface area (Å²) in [6, 6.07) is 0. The standard InChI is InChI=1S/C7H10FNO4/c1-13-6(10)4-2-9(7(11)12)3-5(4)8/h4-5H,2-3H2,1H3,(H,11,12). The number of hydrogen-bond acceptors (Lipinski definition) is 3. The summed E-state index contributed by atoms with van der Waals surface area (Å²) in [5, 5.41) is 8.51. The Balaban J connectivity index is 2.61. The molecule has 0 aromatic carbocycles. The van der Waals surface area contributed by atoms with Gasteiger partial charge in [-0.15, -0.1) is 0 Å². The van der Waals surface area contributed by atoms with Crippen LogP contribution in [-0.4, -0.2) is 48.4 Å². The molecule has 0 aromatic heterocycles. The highest BCUT2D eigenvalue weighted by molar-refractivity contribution is 5.75. The number of nitrogens with zero attached hydrogens (tertiary/aromatic N) is 1. The molecule has 1 aliphatic heterocycles. The SMILES string of the molecule is COC(=O)C1CN(C(=O)O)CC1F. The van der Waals surface area contributed by atoms with E-state index in [9.17, 15) is 14.0 Å². The smallest absolute Gasteiger partial charge is 0.407 e. The summed E-state index contributed by atoms with van der Waals surface area (Å²) in [4.78, 5) is 22.2. The first-order chi connectivity index (χ1) is 6.06. The Labute approximate surface area is 74.1 Å². The molecule has 1 rings (SSSR count). The van der Waals surface area contributed by atoms with Gasteiger partial charge in [0.25, 0.3) is 0 Å². The third-order valence-electron chi connectivity index (χ3n) is 2.02. The van der Waals surface area contributed by atoms with Crippen molar-refractivity contribution >= 4 is 12.1 Å². The molecular weight excluding hydrogens is 181 g/mol. The Morgan fingerprint density at radius 2 is 2.15 bits per heavy atom. The van der Waals surface area contributed by atoms with Crippen LogP contribution in [-0.2, 0) is 9.53 Å². The highest BCUT2D eigenvalue weighted by Crippen LogP contribution is 2.21. The minimum atomic E-state index is -1.46. The van der Waals surface area contributed by atoms with Gasteiger partial charge in [-0.1, -0.05) is 0 Å². The van der Waals surface area contributed by atoms with Gasteiger partial charge in [0.1, 0.15) is 12.1 Å². The Morgan fingerprint density at radius 3 is 2.54 bits per heavy atom. The fourth-order valence-electron chi connectivity index (χ4n) is 1.29. The normalized spacial score (nSPS) is 27.4. The molecule has 74 valence electrons. The number of esters is 1.